The minimum absolute atomic E-state index is 0.0149. The van der Waals surface area contributed by atoms with Crippen molar-refractivity contribution in [1.29, 1.82) is 0 Å². The standard InChI is InChI=1S/C29H28N2O5/c1-19(2)12-17-25-26(28(34)35)31(22-8-4-3-5-9-22)29(36)30(25)18-20-13-15-21(16-14-20)23-10-6-7-11-24(23)27(32)33/h3-11,13-16,19H,12,17-18H2,1-2H3,(H,32,33)(H,34,35). The number of benzene rings is 3. The minimum Gasteiger partial charge on any atom is -0.478 e. The third-order valence-electron chi connectivity index (χ3n) is 6.18. The second kappa shape index (κ2) is 10.5. The molecule has 2 N–H and O–H groups in total. The lowest BCUT2D eigenvalue weighted by Gasteiger charge is -2.11. The number of para-hydroxylation sites is 1. The molecule has 7 nitrogen and oxygen atoms in total. The Balaban J connectivity index is 1.78. The Morgan fingerprint density at radius 2 is 1.47 bits per heavy atom. The van der Waals surface area contributed by atoms with Crippen LogP contribution in [-0.2, 0) is 13.0 Å². The molecule has 0 aliphatic heterocycles. The maximum Gasteiger partial charge on any atom is 0.354 e. The molecule has 1 aromatic heterocycles. The van der Waals surface area contributed by atoms with Crippen LogP contribution in [0.2, 0.25) is 0 Å². The maximum absolute atomic E-state index is 13.6. The van der Waals surface area contributed by atoms with E-state index in [-0.39, 0.29) is 17.8 Å². The summed E-state index contributed by atoms with van der Waals surface area (Å²) in [5.74, 6) is -1.81. The van der Waals surface area contributed by atoms with Gasteiger partial charge in [0.25, 0.3) is 0 Å². The molecule has 0 radical (unpaired) electrons. The molecule has 7 heteroatoms. The lowest BCUT2D eigenvalue weighted by molar-refractivity contribution is 0.0679. The number of carbonyl (C=O) groups is 2. The molecule has 0 bridgehead atoms. The molecule has 0 amide bonds. The first-order chi connectivity index (χ1) is 17.3. The molecule has 0 spiro atoms. The van der Waals surface area contributed by atoms with Gasteiger partial charge in [-0.2, -0.15) is 0 Å². The van der Waals surface area contributed by atoms with Crippen LogP contribution in [0.4, 0.5) is 0 Å². The molecule has 0 fully saturated rings. The average molecular weight is 485 g/mol. The topological polar surface area (TPSA) is 102 Å². The second-order valence-electron chi connectivity index (χ2n) is 9.12. The number of aromatic nitrogens is 2. The van der Waals surface area contributed by atoms with Crippen molar-refractivity contribution in [3.8, 4) is 16.8 Å². The molecule has 4 rings (SSSR count). The highest BCUT2D eigenvalue weighted by Crippen LogP contribution is 2.25. The van der Waals surface area contributed by atoms with Crippen molar-refractivity contribution in [3.63, 3.8) is 0 Å². The van der Waals surface area contributed by atoms with E-state index in [4.69, 9.17) is 0 Å². The fourth-order valence-corrected chi connectivity index (χ4v) is 4.36. The normalized spacial score (nSPS) is 11.1. The number of rotatable bonds is 9. The SMILES string of the molecule is CC(C)CCc1c(C(=O)O)n(-c2ccccc2)c(=O)n1Cc1ccc(-c2ccccc2C(=O)O)cc1. The highest BCUT2D eigenvalue weighted by molar-refractivity contribution is 5.96. The van der Waals surface area contributed by atoms with Gasteiger partial charge in [-0.1, -0.05) is 74.5 Å². The van der Waals surface area contributed by atoms with Crippen molar-refractivity contribution in [2.45, 2.75) is 33.2 Å². The van der Waals surface area contributed by atoms with Crippen LogP contribution in [0.1, 0.15) is 52.4 Å². The van der Waals surface area contributed by atoms with Crippen molar-refractivity contribution in [2.75, 3.05) is 0 Å². The summed E-state index contributed by atoms with van der Waals surface area (Å²) in [5, 5.41) is 19.6. The largest absolute Gasteiger partial charge is 0.478 e. The lowest BCUT2D eigenvalue weighted by Crippen LogP contribution is -2.25. The van der Waals surface area contributed by atoms with E-state index < -0.39 is 17.6 Å². The van der Waals surface area contributed by atoms with E-state index in [9.17, 15) is 24.6 Å². The van der Waals surface area contributed by atoms with Crippen LogP contribution in [0, 0.1) is 5.92 Å². The zero-order valence-corrected chi connectivity index (χ0v) is 20.2. The van der Waals surface area contributed by atoms with Gasteiger partial charge in [-0.3, -0.25) is 9.13 Å². The summed E-state index contributed by atoms with van der Waals surface area (Å²) in [7, 11) is 0. The van der Waals surface area contributed by atoms with Gasteiger partial charge in [0.2, 0.25) is 0 Å². The van der Waals surface area contributed by atoms with Crippen LogP contribution in [0.25, 0.3) is 16.8 Å². The molecule has 0 saturated heterocycles. The molecule has 1 heterocycles. The van der Waals surface area contributed by atoms with Crippen molar-refractivity contribution in [2.24, 2.45) is 5.92 Å². The number of aromatic carboxylic acids is 2. The summed E-state index contributed by atoms with van der Waals surface area (Å²) in [4.78, 5) is 37.5. The number of carboxylic acid groups (broad SMARTS) is 2. The molecule has 0 unspecified atom stereocenters. The molecule has 3 aromatic carbocycles. The first-order valence-electron chi connectivity index (χ1n) is 11.8. The van der Waals surface area contributed by atoms with Crippen LogP contribution in [0.15, 0.2) is 83.7 Å². The smallest absolute Gasteiger partial charge is 0.354 e. The Hall–Kier alpha value is -4.39. The zero-order chi connectivity index (χ0) is 25.8. The monoisotopic (exact) mass is 484 g/mol. The van der Waals surface area contributed by atoms with Gasteiger partial charge in [0.05, 0.1) is 23.5 Å². The molecular formula is C29H28N2O5. The van der Waals surface area contributed by atoms with Gasteiger partial charge in [0.1, 0.15) is 0 Å². The van der Waals surface area contributed by atoms with Crippen LogP contribution < -0.4 is 5.69 Å². The van der Waals surface area contributed by atoms with Gasteiger partial charge < -0.3 is 10.2 Å². The first kappa shape index (κ1) is 24.7. The average Bonchev–Trinajstić information content (AvgIpc) is 3.15. The molecule has 36 heavy (non-hydrogen) atoms. The van der Waals surface area contributed by atoms with E-state index in [0.717, 1.165) is 17.5 Å². The third-order valence-corrected chi connectivity index (χ3v) is 6.18. The van der Waals surface area contributed by atoms with Crippen LogP contribution in [-0.4, -0.2) is 31.3 Å². The number of hydrogen-bond acceptors (Lipinski definition) is 3. The van der Waals surface area contributed by atoms with Crippen molar-refractivity contribution in [1.82, 2.24) is 9.13 Å². The summed E-state index contributed by atoms with van der Waals surface area (Å²) < 4.78 is 2.81. The van der Waals surface area contributed by atoms with Gasteiger partial charge >= 0.3 is 17.6 Å². The van der Waals surface area contributed by atoms with E-state index in [1.165, 1.54) is 4.57 Å². The van der Waals surface area contributed by atoms with Gasteiger partial charge in [0.15, 0.2) is 5.69 Å². The number of imidazole rings is 1. The summed E-state index contributed by atoms with van der Waals surface area (Å²) >= 11 is 0. The van der Waals surface area contributed by atoms with Gasteiger partial charge in [-0.05, 0) is 53.6 Å². The Labute approximate surface area is 208 Å². The van der Waals surface area contributed by atoms with E-state index in [1.54, 1.807) is 53.1 Å². The van der Waals surface area contributed by atoms with Crippen LogP contribution in [0.5, 0.6) is 0 Å². The first-order valence-corrected chi connectivity index (χ1v) is 11.8. The minimum atomic E-state index is -1.14. The van der Waals surface area contributed by atoms with Crippen molar-refractivity contribution < 1.29 is 19.8 Å². The molecule has 0 saturated carbocycles. The Morgan fingerprint density at radius 3 is 2.08 bits per heavy atom. The summed E-state index contributed by atoms with van der Waals surface area (Å²) in [6.07, 6.45) is 1.20. The second-order valence-corrected chi connectivity index (χ2v) is 9.12. The molecule has 0 atom stereocenters. The molecular weight excluding hydrogens is 456 g/mol. The van der Waals surface area contributed by atoms with E-state index in [1.807, 2.05) is 30.3 Å². The third kappa shape index (κ3) is 5.00. The van der Waals surface area contributed by atoms with Gasteiger partial charge in [-0.25, -0.2) is 14.4 Å². The number of nitrogens with zero attached hydrogens (tertiary/aromatic N) is 2. The summed E-state index contributed by atoms with van der Waals surface area (Å²) in [5.41, 5.74) is 2.95. The molecule has 184 valence electrons. The van der Waals surface area contributed by atoms with Gasteiger partial charge in [0, 0.05) is 0 Å². The fourth-order valence-electron chi connectivity index (χ4n) is 4.36. The summed E-state index contributed by atoms with van der Waals surface area (Å²) in [6, 6.07) is 22.9. The quantitative estimate of drug-likeness (QED) is 0.334. The predicted molar refractivity (Wildman–Crippen MR) is 138 cm³/mol. The molecule has 0 aliphatic rings. The Kier molecular flexibility index (Phi) is 7.20. The van der Waals surface area contributed by atoms with E-state index >= 15 is 0 Å². The molecule has 4 aromatic rings. The Bertz CT molecular complexity index is 1450. The number of hydrogen-bond donors (Lipinski definition) is 2. The van der Waals surface area contributed by atoms with Crippen LogP contribution in [0.3, 0.4) is 0 Å². The maximum atomic E-state index is 13.6. The van der Waals surface area contributed by atoms with E-state index in [0.29, 0.717) is 29.3 Å². The zero-order valence-electron chi connectivity index (χ0n) is 20.2. The summed E-state index contributed by atoms with van der Waals surface area (Å²) in [6.45, 7) is 4.32. The van der Waals surface area contributed by atoms with E-state index in [2.05, 4.69) is 13.8 Å². The van der Waals surface area contributed by atoms with Crippen molar-refractivity contribution >= 4 is 11.9 Å². The Morgan fingerprint density at radius 1 is 0.833 bits per heavy atom. The highest BCUT2D eigenvalue weighted by Gasteiger charge is 2.26. The van der Waals surface area contributed by atoms with Gasteiger partial charge in [-0.15, -0.1) is 0 Å². The highest BCUT2D eigenvalue weighted by atomic mass is 16.4. The fraction of sp³-hybridized carbons (Fsp3) is 0.207. The number of carboxylic acids is 2. The predicted octanol–water partition coefficient (Wildman–Crippen LogP) is 5.34. The van der Waals surface area contributed by atoms with Crippen molar-refractivity contribution in [3.05, 3.63) is 112 Å². The molecule has 0 aliphatic carbocycles. The lowest BCUT2D eigenvalue weighted by atomic mass is 9.98. The van der Waals surface area contributed by atoms with Crippen LogP contribution >= 0.6 is 0 Å².